The van der Waals surface area contributed by atoms with Crippen LogP contribution in [0.25, 0.3) is 17.1 Å². The van der Waals surface area contributed by atoms with Gasteiger partial charge in [-0.1, -0.05) is 0 Å². The van der Waals surface area contributed by atoms with Gasteiger partial charge in [0, 0.05) is 12.4 Å². The van der Waals surface area contributed by atoms with Gasteiger partial charge in [0.25, 0.3) is 0 Å². The molecule has 4 heteroatoms. The number of rotatable bonds is 2. The molecule has 0 bridgehead atoms. The minimum Gasteiger partial charge on any atom is -0.493 e. The predicted molar refractivity (Wildman–Crippen MR) is 64.2 cm³/mol. The normalized spacial score (nSPS) is 10.9. The van der Waals surface area contributed by atoms with E-state index >= 15 is 0 Å². The molecular formula is C13H12N2O2. The van der Waals surface area contributed by atoms with Crippen LogP contribution in [0.4, 0.5) is 0 Å². The Balaban J connectivity index is 2.19. The highest BCUT2D eigenvalue weighted by Crippen LogP contribution is 2.25. The number of pyridine rings is 1. The first kappa shape index (κ1) is 9.96. The van der Waals surface area contributed by atoms with Gasteiger partial charge in [0.15, 0.2) is 17.2 Å². The number of nitrogens with zero attached hydrogens (tertiary/aromatic N) is 2. The molecule has 86 valence electrons. The summed E-state index contributed by atoms with van der Waals surface area (Å²) in [5.74, 6) is 2.40. The molecule has 0 aliphatic heterocycles. The summed E-state index contributed by atoms with van der Waals surface area (Å²) in [6.45, 7) is 1.92. The van der Waals surface area contributed by atoms with Gasteiger partial charge in [0.1, 0.15) is 11.5 Å². The second-order valence-corrected chi connectivity index (χ2v) is 3.84. The van der Waals surface area contributed by atoms with Crippen LogP contribution in [-0.4, -0.2) is 16.5 Å². The molecule has 0 amide bonds. The van der Waals surface area contributed by atoms with E-state index in [4.69, 9.17) is 9.15 Å². The van der Waals surface area contributed by atoms with E-state index < -0.39 is 0 Å². The van der Waals surface area contributed by atoms with Crippen molar-refractivity contribution in [2.45, 2.75) is 6.92 Å². The molecular weight excluding hydrogens is 216 g/mol. The summed E-state index contributed by atoms with van der Waals surface area (Å²) >= 11 is 0. The Hall–Kier alpha value is -2.23. The molecule has 0 spiro atoms. The molecule has 0 saturated carbocycles. The SMILES string of the molecule is COc1cccn2cc(-c3ccc(C)o3)nc12. The number of furan rings is 1. The van der Waals surface area contributed by atoms with E-state index in [1.54, 1.807) is 7.11 Å². The van der Waals surface area contributed by atoms with E-state index in [0.717, 1.165) is 28.6 Å². The van der Waals surface area contributed by atoms with Crippen LogP contribution in [0.15, 0.2) is 41.1 Å². The van der Waals surface area contributed by atoms with Crippen LogP contribution in [0, 0.1) is 6.92 Å². The zero-order valence-electron chi connectivity index (χ0n) is 9.68. The third kappa shape index (κ3) is 1.58. The van der Waals surface area contributed by atoms with Gasteiger partial charge in [-0.3, -0.25) is 0 Å². The standard InChI is InChI=1S/C13H12N2O2/c1-9-5-6-11(17-9)10-8-15-7-3-4-12(16-2)13(15)14-10/h3-8H,1-2H3. The van der Waals surface area contributed by atoms with Crippen molar-refractivity contribution in [3.05, 3.63) is 42.4 Å². The fourth-order valence-electron chi connectivity index (χ4n) is 1.84. The molecule has 3 aromatic heterocycles. The van der Waals surface area contributed by atoms with Crippen molar-refractivity contribution in [2.24, 2.45) is 0 Å². The molecule has 3 heterocycles. The Morgan fingerprint density at radius 1 is 1.29 bits per heavy atom. The fourth-order valence-corrected chi connectivity index (χ4v) is 1.84. The van der Waals surface area contributed by atoms with Crippen molar-refractivity contribution in [2.75, 3.05) is 7.11 Å². The van der Waals surface area contributed by atoms with Crippen molar-refractivity contribution < 1.29 is 9.15 Å². The second-order valence-electron chi connectivity index (χ2n) is 3.84. The number of hydrogen-bond acceptors (Lipinski definition) is 3. The van der Waals surface area contributed by atoms with Gasteiger partial charge in [-0.05, 0) is 31.2 Å². The van der Waals surface area contributed by atoms with Gasteiger partial charge < -0.3 is 13.6 Å². The third-order valence-corrected chi connectivity index (χ3v) is 2.66. The molecule has 0 radical (unpaired) electrons. The topological polar surface area (TPSA) is 39.7 Å². The fraction of sp³-hybridized carbons (Fsp3) is 0.154. The zero-order valence-corrected chi connectivity index (χ0v) is 9.68. The van der Waals surface area contributed by atoms with Crippen LogP contribution in [0.3, 0.4) is 0 Å². The van der Waals surface area contributed by atoms with E-state index in [1.165, 1.54) is 0 Å². The Morgan fingerprint density at radius 3 is 2.88 bits per heavy atom. The molecule has 0 fully saturated rings. The van der Waals surface area contributed by atoms with Gasteiger partial charge in [-0.2, -0.15) is 0 Å². The smallest absolute Gasteiger partial charge is 0.180 e. The van der Waals surface area contributed by atoms with E-state index in [9.17, 15) is 0 Å². The number of hydrogen-bond donors (Lipinski definition) is 0. The number of methoxy groups -OCH3 is 1. The number of fused-ring (bicyclic) bond motifs is 1. The third-order valence-electron chi connectivity index (χ3n) is 2.66. The molecule has 0 saturated heterocycles. The molecule has 4 nitrogen and oxygen atoms in total. The molecule has 0 aliphatic rings. The zero-order chi connectivity index (χ0) is 11.8. The maximum absolute atomic E-state index is 5.56. The molecule has 0 aromatic carbocycles. The molecule has 17 heavy (non-hydrogen) atoms. The van der Waals surface area contributed by atoms with Gasteiger partial charge in [0.2, 0.25) is 0 Å². The Labute approximate surface area is 98.5 Å². The average Bonchev–Trinajstić information content (AvgIpc) is 2.93. The van der Waals surface area contributed by atoms with Crippen molar-refractivity contribution in [3.8, 4) is 17.2 Å². The van der Waals surface area contributed by atoms with Crippen LogP contribution in [0.2, 0.25) is 0 Å². The summed E-state index contributed by atoms with van der Waals surface area (Å²) in [4.78, 5) is 4.51. The van der Waals surface area contributed by atoms with Gasteiger partial charge in [0.05, 0.1) is 7.11 Å². The maximum Gasteiger partial charge on any atom is 0.180 e. The lowest BCUT2D eigenvalue weighted by Crippen LogP contribution is -1.88. The predicted octanol–water partition coefficient (Wildman–Crippen LogP) is 2.91. The van der Waals surface area contributed by atoms with Crippen molar-refractivity contribution in [1.82, 2.24) is 9.38 Å². The number of imidazole rings is 1. The highest BCUT2D eigenvalue weighted by molar-refractivity contribution is 5.62. The maximum atomic E-state index is 5.56. The monoisotopic (exact) mass is 228 g/mol. The number of aryl methyl sites for hydroxylation is 1. The first-order valence-electron chi connectivity index (χ1n) is 5.36. The summed E-state index contributed by atoms with van der Waals surface area (Å²) in [6, 6.07) is 7.66. The summed E-state index contributed by atoms with van der Waals surface area (Å²) < 4.78 is 12.7. The van der Waals surface area contributed by atoms with Crippen LogP contribution < -0.4 is 4.74 Å². The lowest BCUT2D eigenvalue weighted by molar-refractivity contribution is 0.417. The largest absolute Gasteiger partial charge is 0.493 e. The summed E-state index contributed by atoms with van der Waals surface area (Å²) in [7, 11) is 1.64. The van der Waals surface area contributed by atoms with E-state index in [-0.39, 0.29) is 0 Å². The summed E-state index contributed by atoms with van der Waals surface area (Å²) in [5, 5.41) is 0. The van der Waals surface area contributed by atoms with Crippen molar-refractivity contribution in [1.29, 1.82) is 0 Å². The molecule has 0 aliphatic carbocycles. The van der Waals surface area contributed by atoms with Gasteiger partial charge in [-0.15, -0.1) is 0 Å². The van der Waals surface area contributed by atoms with E-state index in [1.807, 2.05) is 48.0 Å². The lowest BCUT2D eigenvalue weighted by Gasteiger charge is -1.99. The van der Waals surface area contributed by atoms with Crippen molar-refractivity contribution in [3.63, 3.8) is 0 Å². The Bertz CT molecular complexity index is 667. The first-order chi connectivity index (χ1) is 8.28. The van der Waals surface area contributed by atoms with Crippen molar-refractivity contribution >= 4 is 5.65 Å². The lowest BCUT2D eigenvalue weighted by atomic mass is 10.3. The first-order valence-corrected chi connectivity index (χ1v) is 5.36. The highest BCUT2D eigenvalue weighted by atomic mass is 16.5. The molecule has 0 atom stereocenters. The highest BCUT2D eigenvalue weighted by Gasteiger charge is 2.10. The Morgan fingerprint density at radius 2 is 2.18 bits per heavy atom. The van der Waals surface area contributed by atoms with Crippen LogP contribution >= 0.6 is 0 Å². The van der Waals surface area contributed by atoms with E-state index in [0.29, 0.717) is 0 Å². The molecule has 0 N–H and O–H groups in total. The number of aromatic nitrogens is 2. The molecule has 0 unspecified atom stereocenters. The van der Waals surface area contributed by atoms with Gasteiger partial charge in [-0.25, -0.2) is 4.98 Å². The number of ether oxygens (including phenoxy) is 1. The average molecular weight is 228 g/mol. The summed E-state index contributed by atoms with van der Waals surface area (Å²) in [5.41, 5.74) is 1.60. The van der Waals surface area contributed by atoms with E-state index in [2.05, 4.69) is 4.98 Å². The van der Waals surface area contributed by atoms with Crippen LogP contribution in [0.1, 0.15) is 5.76 Å². The quantitative estimate of drug-likeness (QED) is 0.677. The summed E-state index contributed by atoms with van der Waals surface area (Å²) in [6.07, 6.45) is 3.86. The van der Waals surface area contributed by atoms with Crippen LogP contribution in [0.5, 0.6) is 5.75 Å². The Kier molecular flexibility index (Phi) is 2.14. The van der Waals surface area contributed by atoms with Gasteiger partial charge >= 0.3 is 0 Å². The minimum atomic E-state index is 0.752. The van der Waals surface area contributed by atoms with Crippen LogP contribution in [-0.2, 0) is 0 Å². The second kappa shape index (κ2) is 3.66. The minimum absolute atomic E-state index is 0.752. The molecule has 3 rings (SSSR count). The molecule has 3 aromatic rings.